The topological polar surface area (TPSA) is 63.6 Å². The van der Waals surface area contributed by atoms with Gasteiger partial charge < -0.3 is 9.66 Å². The standard InChI is InChI=1S/C12H10F17NO3S/c1-2-30(34(32)33)3-4(31)5(13,14)6(15,16)7(17,18)8(19,20)9(21,22)10(23,24)11(25,26)12(27,28)29/h4,31H,2-3H2,1H3,(H,32,33)/p-1. The summed E-state index contributed by atoms with van der Waals surface area (Å²) < 4.78 is 243. The predicted molar refractivity (Wildman–Crippen MR) is 72.9 cm³/mol. The number of alkyl halides is 17. The molecule has 0 bridgehead atoms. The molecule has 0 aliphatic heterocycles. The average Bonchev–Trinajstić information content (AvgIpc) is 2.63. The molecule has 0 saturated heterocycles. The maximum Gasteiger partial charge on any atom is 0.460 e. The van der Waals surface area contributed by atoms with Crippen molar-refractivity contribution in [1.29, 1.82) is 0 Å². The third-order valence-corrected chi connectivity index (χ3v) is 4.93. The van der Waals surface area contributed by atoms with E-state index in [9.17, 15) is 83.4 Å². The van der Waals surface area contributed by atoms with E-state index in [0.29, 0.717) is 0 Å². The lowest BCUT2D eigenvalue weighted by molar-refractivity contribution is -0.464. The van der Waals surface area contributed by atoms with Crippen molar-refractivity contribution in [3.05, 3.63) is 0 Å². The van der Waals surface area contributed by atoms with Crippen molar-refractivity contribution in [3.8, 4) is 0 Å². The predicted octanol–water partition coefficient (Wildman–Crippen LogP) is 4.47. The minimum Gasteiger partial charge on any atom is -0.760 e. The van der Waals surface area contributed by atoms with E-state index in [1.807, 2.05) is 0 Å². The minimum absolute atomic E-state index is 0.433. The first-order valence-corrected chi connectivity index (χ1v) is 8.81. The van der Waals surface area contributed by atoms with Crippen LogP contribution in [0.25, 0.3) is 0 Å². The van der Waals surface area contributed by atoms with Crippen molar-refractivity contribution in [2.45, 2.75) is 60.7 Å². The molecule has 0 saturated carbocycles. The maximum atomic E-state index is 13.7. The third-order valence-electron chi connectivity index (χ3n) is 4.10. The van der Waals surface area contributed by atoms with Gasteiger partial charge in [0.1, 0.15) is 6.10 Å². The number of halogens is 17. The van der Waals surface area contributed by atoms with Gasteiger partial charge in [-0.25, -0.2) is 4.31 Å². The van der Waals surface area contributed by atoms with Crippen molar-refractivity contribution in [2.75, 3.05) is 13.1 Å². The summed E-state index contributed by atoms with van der Waals surface area (Å²) in [5.74, 6) is -58.2. The number of aliphatic hydroxyl groups is 1. The number of hydrogen-bond acceptors (Lipinski definition) is 3. The Kier molecular flexibility index (Phi) is 8.74. The Morgan fingerprint density at radius 1 is 0.676 bits per heavy atom. The van der Waals surface area contributed by atoms with Gasteiger partial charge >= 0.3 is 47.6 Å². The van der Waals surface area contributed by atoms with Crippen LogP contribution in [0.15, 0.2) is 0 Å². The zero-order chi connectivity index (χ0) is 28.1. The van der Waals surface area contributed by atoms with E-state index in [-0.39, 0.29) is 0 Å². The van der Waals surface area contributed by atoms with E-state index in [1.165, 1.54) is 0 Å². The van der Waals surface area contributed by atoms with Gasteiger partial charge in [-0.3, -0.25) is 4.21 Å². The Morgan fingerprint density at radius 3 is 1.24 bits per heavy atom. The molecule has 0 radical (unpaired) electrons. The highest BCUT2D eigenvalue weighted by atomic mass is 32.2. The maximum absolute atomic E-state index is 13.7. The van der Waals surface area contributed by atoms with Crippen LogP contribution in [-0.4, -0.2) is 85.0 Å². The summed E-state index contributed by atoms with van der Waals surface area (Å²) in [6.45, 7) is -2.53. The smallest absolute Gasteiger partial charge is 0.460 e. The second-order valence-corrected chi connectivity index (χ2v) is 7.23. The fourth-order valence-corrected chi connectivity index (χ4v) is 2.46. The van der Waals surface area contributed by atoms with Crippen molar-refractivity contribution in [1.82, 2.24) is 4.31 Å². The van der Waals surface area contributed by atoms with Crippen LogP contribution in [0.2, 0.25) is 0 Å². The van der Waals surface area contributed by atoms with Crippen LogP contribution in [0.1, 0.15) is 6.92 Å². The first kappa shape index (κ1) is 32.8. The van der Waals surface area contributed by atoms with Crippen LogP contribution >= 0.6 is 0 Å². The van der Waals surface area contributed by atoms with Gasteiger partial charge in [-0.05, 0) is 0 Å². The van der Waals surface area contributed by atoms with Gasteiger partial charge in [-0.15, -0.1) is 0 Å². The quantitative estimate of drug-likeness (QED) is 0.295. The Balaban J connectivity index is 6.68. The van der Waals surface area contributed by atoms with E-state index in [2.05, 4.69) is 0 Å². The molecule has 0 fully saturated rings. The monoisotopic (exact) mass is 570 g/mol. The molecule has 0 aromatic heterocycles. The van der Waals surface area contributed by atoms with Gasteiger partial charge in [0.15, 0.2) is 0 Å². The third kappa shape index (κ3) is 4.53. The lowest BCUT2D eigenvalue weighted by atomic mass is 9.87. The molecule has 34 heavy (non-hydrogen) atoms. The fourth-order valence-electron chi connectivity index (χ4n) is 1.99. The normalized spacial score (nSPS) is 17.8. The molecule has 0 aromatic rings. The molecule has 0 aliphatic carbocycles. The van der Waals surface area contributed by atoms with Gasteiger partial charge in [0, 0.05) is 24.4 Å². The second kappa shape index (κ2) is 9.05. The van der Waals surface area contributed by atoms with Crippen LogP contribution in [0, 0.1) is 0 Å². The molecule has 0 heterocycles. The average molecular weight is 570 g/mol. The second-order valence-electron chi connectivity index (χ2n) is 6.28. The minimum atomic E-state index is -8.78. The molecular formula is C12H9F17NO3S-. The summed E-state index contributed by atoms with van der Waals surface area (Å²) in [5.41, 5.74) is 0. The number of nitrogens with zero attached hydrogens (tertiary/aromatic N) is 1. The molecule has 0 rings (SSSR count). The Bertz CT molecular complexity index is 753. The van der Waals surface area contributed by atoms with Crippen LogP contribution < -0.4 is 0 Å². The zero-order valence-electron chi connectivity index (χ0n) is 15.5. The van der Waals surface area contributed by atoms with Gasteiger partial charge in [-0.2, -0.15) is 74.6 Å². The van der Waals surface area contributed by atoms with Crippen molar-refractivity contribution >= 4 is 11.3 Å². The highest BCUT2D eigenvalue weighted by Gasteiger charge is 2.95. The van der Waals surface area contributed by atoms with Crippen molar-refractivity contribution in [3.63, 3.8) is 0 Å². The first-order chi connectivity index (χ1) is 14.5. The molecule has 0 aliphatic rings. The lowest BCUT2D eigenvalue weighted by Gasteiger charge is -2.43. The lowest BCUT2D eigenvalue weighted by Crippen LogP contribution is -2.75. The summed E-state index contributed by atoms with van der Waals surface area (Å²) in [4.78, 5) is 0. The highest BCUT2D eigenvalue weighted by molar-refractivity contribution is 7.76. The summed E-state index contributed by atoms with van der Waals surface area (Å²) in [5, 5.41) is 8.96. The summed E-state index contributed by atoms with van der Waals surface area (Å²) in [6, 6.07) is 0. The van der Waals surface area contributed by atoms with Gasteiger partial charge in [0.25, 0.3) is 0 Å². The van der Waals surface area contributed by atoms with Gasteiger partial charge in [-0.1, -0.05) is 6.92 Å². The number of rotatable bonds is 11. The number of likely N-dealkylation sites (N-methyl/N-ethyl adjacent to an activating group) is 1. The highest BCUT2D eigenvalue weighted by Crippen LogP contribution is 2.64. The van der Waals surface area contributed by atoms with E-state index in [4.69, 9.17) is 5.11 Å². The van der Waals surface area contributed by atoms with Gasteiger partial charge in [0.05, 0.1) is 0 Å². The molecule has 206 valence electrons. The zero-order valence-corrected chi connectivity index (χ0v) is 16.4. The Morgan fingerprint density at radius 2 is 0.971 bits per heavy atom. The molecule has 0 amide bonds. The van der Waals surface area contributed by atoms with Crippen LogP contribution in [0.3, 0.4) is 0 Å². The first-order valence-electron chi connectivity index (χ1n) is 7.77. The SMILES string of the molecule is CCN(CC(O)C(F)(F)C(F)(F)C(F)(F)C(F)(F)C(F)(F)C(F)(F)C(F)(F)C(F)(F)F)S(=O)[O-]. The molecule has 0 aromatic carbocycles. The van der Waals surface area contributed by atoms with E-state index >= 15 is 0 Å². The van der Waals surface area contributed by atoms with Gasteiger partial charge in [0.2, 0.25) is 0 Å². The molecule has 2 atom stereocenters. The van der Waals surface area contributed by atoms with Crippen LogP contribution in [-0.2, 0) is 11.3 Å². The summed E-state index contributed by atoms with van der Waals surface area (Å²) >= 11 is -3.67. The Labute approximate surface area is 179 Å². The van der Waals surface area contributed by atoms with Crippen LogP contribution in [0.5, 0.6) is 0 Å². The van der Waals surface area contributed by atoms with E-state index < -0.39 is 82.4 Å². The van der Waals surface area contributed by atoms with Crippen LogP contribution in [0.4, 0.5) is 74.6 Å². The van der Waals surface area contributed by atoms with Crippen molar-refractivity contribution < 1.29 is 88.5 Å². The molecule has 2 unspecified atom stereocenters. The molecule has 4 nitrogen and oxygen atoms in total. The number of hydrogen-bond donors (Lipinski definition) is 1. The fraction of sp³-hybridized carbons (Fsp3) is 1.00. The summed E-state index contributed by atoms with van der Waals surface area (Å²) in [7, 11) is 0. The molecule has 1 N–H and O–H groups in total. The van der Waals surface area contributed by atoms with E-state index in [1.54, 1.807) is 0 Å². The van der Waals surface area contributed by atoms with E-state index in [0.717, 1.165) is 6.92 Å². The Hall–Kier alpha value is -1.16. The number of aliphatic hydroxyl groups excluding tert-OH is 1. The largest absolute Gasteiger partial charge is 0.760 e. The molecular weight excluding hydrogens is 561 g/mol. The van der Waals surface area contributed by atoms with Crippen molar-refractivity contribution in [2.24, 2.45) is 0 Å². The molecule has 22 heteroatoms. The summed E-state index contributed by atoms with van der Waals surface area (Å²) in [6.07, 6.45) is -12.3. The molecule has 0 spiro atoms.